The first-order chi connectivity index (χ1) is 10.1. The van der Waals surface area contributed by atoms with Gasteiger partial charge in [-0.05, 0) is 57.5 Å². The van der Waals surface area contributed by atoms with Crippen LogP contribution in [-0.4, -0.2) is 48.8 Å². The van der Waals surface area contributed by atoms with Gasteiger partial charge in [-0.15, -0.1) is 0 Å². The molecule has 0 aromatic heterocycles. The molecule has 1 unspecified atom stereocenters. The molecule has 0 saturated carbocycles. The largest absolute Gasteiger partial charge is 0.375 e. The zero-order valence-electron chi connectivity index (χ0n) is 14.7. The standard InChI is InChI=1S/C18H36N2O/c1-5-18(6-2)13-17(9-12-21-18)19-16-7-10-20(11-8-16)14-15(3)4/h15-17,19H,5-14H2,1-4H3. The molecule has 3 heteroatoms. The Labute approximate surface area is 131 Å². The van der Waals surface area contributed by atoms with Crippen molar-refractivity contribution in [2.75, 3.05) is 26.2 Å². The number of piperidine rings is 1. The quantitative estimate of drug-likeness (QED) is 0.812. The number of nitrogens with one attached hydrogen (secondary N) is 1. The van der Waals surface area contributed by atoms with Gasteiger partial charge in [0.25, 0.3) is 0 Å². The summed E-state index contributed by atoms with van der Waals surface area (Å²) in [6, 6.07) is 1.39. The van der Waals surface area contributed by atoms with Gasteiger partial charge >= 0.3 is 0 Å². The normalized spacial score (nSPS) is 28.1. The maximum absolute atomic E-state index is 6.10. The third-order valence-corrected chi connectivity index (χ3v) is 5.46. The van der Waals surface area contributed by atoms with E-state index in [0.717, 1.165) is 31.4 Å². The lowest BCUT2D eigenvalue weighted by Crippen LogP contribution is -2.52. The second-order valence-corrected chi connectivity index (χ2v) is 7.56. The van der Waals surface area contributed by atoms with Crippen molar-refractivity contribution in [1.82, 2.24) is 10.2 Å². The topological polar surface area (TPSA) is 24.5 Å². The highest BCUT2D eigenvalue weighted by Gasteiger charge is 2.35. The van der Waals surface area contributed by atoms with Crippen LogP contribution in [0.15, 0.2) is 0 Å². The van der Waals surface area contributed by atoms with Gasteiger partial charge in [0, 0.05) is 25.2 Å². The molecule has 2 aliphatic heterocycles. The zero-order chi connectivity index (χ0) is 15.3. The van der Waals surface area contributed by atoms with E-state index in [9.17, 15) is 0 Å². The monoisotopic (exact) mass is 296 g/mol. The number of nitrogens with zero attached hydrogens (tertiary/aromatic N) is 1. The highest BCUT2D eigenvalue weighted by molar-refractivity contribution is 4.90. The van der Waals surface area contributed by atoms with Crippen LogP contribution in [0.25, 0.3) is 0 Å². The van der Waals surface area contributed by atoms with E-state index in [2.05, 4.69) is 37.9 Å². The van der Waals surface area contributed by atoms with Crippen molar-refractivity contribution >= 4 is 0 Å². The van der Waals surface area contributed by atoms with Crippen molar-refractivity contribution in [2.24, 2.45) is 5.92 Å². The maximum Gasteiger partial charge on any atom is 0.0692 e. The van der Waals surface area contributed by atoms with Crippen molar-refractivity contribution in [2.45, 2.75) is 83.9 Å². The van der Waals surface area contributed by atoms with Crippen LogP contribution in [-0.2, 0) is 4.74 Å². The Bertz CT molecular complexity index is 294. The van der Waals surface area contributed by atoms with Gasteiger partial charge in [0.1, 0.15) is 0 Å². The molecule has 2 aliphatic rings. The number of hydrogen-bond donors (Lipinski definition) is 1. The molecule has 0 aromatic carbocycles. The summed E-state index contributed by atoms with van der Waals surface area (Å²) in [6.07, 6.45) is 7.31. The molecular formula is C18H36N2O. The van der Waals surface area contributed by atoms with E-state index in [-0.39, 0.29) is 5.60 Å². The summed E-state index contributed by atoms with van der Waals surface area (Å²) in [5, 5.41) is 3.95. The summed E-state index contributed by atoms with van der Waals surface area (Å²) in [5.74, 6) is 0.791. The van der Waals surface area contributed by atoms with Crippen LogP contribution in [0, 0.1) is 5.92 Å². The third kappa shape index (κ3) is 4.94. The SMILES string of the molecule is CCC1(CC)CC(NC2CCN(CC(C)C)CC2)CCO1. The van der Waals surface area contributed by atoms with Crippen LogP contribution < -0.4 is 5.32 Å². The average Bonchev–Trinajstić information content (AvgIpc) is 2.49. The lowest BCUT2D eigenvalue weighted by molar-refractivity contribution is -0.0946. The van der Waals surface area contributed by atoms with Gasteiger partial charge in [0.15, 0.2) is 0 Å². The smallest absolute Gasteiger partial charge is 0.0692 e. The number of likely N-dealkylation sites (tertiary alicyclic amines) is 1. The number of ether oxygens (including phenoxy) is 1. The second-order valence-electron chi connectivity index (χ2n) is 7.56. The fourth-order valence-electron chi connectivity index (χ4n) is 4.04. The highest BCUT2D eigenvalue weighted by Crippen LogP contribution is 2.32. The minimum Gasteiger partial charge on any atom is -0.375 e. The van der Waals surface area contributed by atoms with Crippen molar-refractivity contribution < 1.29 is 4.74 Å². The maximum atomic E-state index is 6.10. The summed E-state index contributed by atoms with van der Waals surface area (Å²) in [7, 11) is 0. The Hall–Kier alpha value is -0.120. The molecule has 0 amide bonds. The van der Waals surface area contributed by atoms with Gasteiger partial charge in [0.2, 0.25) is 0 Å². The Balaban J connectivity index is 1.75. The van der Waals surface area contributed by atoms with Crippen molar-refractivity contribution in [3.63, 3.8) is 0 Å². The molecule has 2 saturated heterocycles. The lowest BCUT2D eigenvalue weighted by Gasteiger charge is -2.42. The molecule has 0 aliphatic carbocycles. The van der Waals surface area contributed by atoms with Crippen LogP contribution >= 0.6 is 0 Å². The van der Waals surface area contributed by atoms with Crippen LogP contribution in [0.1, 0.15) is 66.2 Å². The van der Waals surface area contributed by atoms with Crippen LogP contribution in [0.2, 0.25) is 0 Å². The predicted molar refractivity (Wildman–Crippen MR) is 89.7 cm³/mol. The fourth-order valence-corrected chi connectivity index (χ4v) is 4.04. The van der Waals surface area contributed by atoms with Gasteiger partial charge in [0.05, 0.1) is 5.60 Å². The predicted octanol–water partition coefficient (Wildman–Crippen LogP) is 3.43. The zero-order valence-corrected chi connectivity index (χ0v) is 14.7. The van der Waals surface area contributed by atoms with Crippen molar-refractivity contribution in [1.29, 1.82) is 0 Å². The first kappa shape index (κ1) is 17.2. The van der Waals surface area contributed by atoms with E-state index in [4.69, 9.17) is 4.74 Å². The van der Waals surface area contributed by atoms with Crippen LogP contribution in [0.4, 0.5) is 0 Å². The van der Waals surface area contributed by atoms with E-state index in [1.54, 1.807) is 0 Å². The molecule has 1 N–H and O–H groups in total. The lowest BCUT2D eigenvalue weighted by atomic mass is 9.85. The molecule has 2 heterocycles. The van der Waals surface area contributed by atoms with E-state index in [1.165, 1.54) is 45.3 Å². The average molecular weight is 296 g/mol. The molecule has 2 rings (SSSR count). The number of hydrogen-bond acceptors (Lipinski definition) is 3. The molecule has 3 nitrogen and oxygen atoms in total. The van der Waals surface area contributed by atoms with Gasteiger partial charge in [-0.1, -0.05) is 27.7 Å². The summed E-state index contributed by atoms with van der Waals surface area (Å²) in [6.45, 7) is 13.9. The van der Waals surface area contributed by atoms with Crippen LogP contribution in [0.5, 0.6) is 0 Å². The molecule has 21 heavy (non-hydrogen) atoms. The first-order valence-electron chi connectivity index (χ1n) is 9.19. The Morgan fingerprint density at radius 1 is 1.10 bits per heavy atom. The summed E-state index contributed by atoms with van der Waals surface area (Å²) in [4.78, 5) is 2.63. The van der Waals surface area contributed by atoms with E-state index < -0.39 is 0 Å². The molecule has 0 bridgehead atoms. The summed E-state index contributed by atoms with van der Waals surface area (Å²) in [5.41, 5.74) is 0.147. The molecule has 2 fully saturated rings. The Morgan fingerprint density at radius 2 is 1.76 bits per heavy atom. The summed E-state index contributed by atoms with van der Waals surface area (Å²) >= 11 is 0. The Morgan fingerprint density at radius 3 is 2.33 bits per heavy atom. The van der Waals surface area contributed by atoms with E-state index >= 15 is 0 Å². The van der Waals surface area contributed by atoms with Gasteiger partial charge < -0.3 is 15.0 Å². The third-order valence-electron chi connectivity index (χ3n) is 5.46. The molecule has 0 aromatic rings. The van der Waals surface area contributed by atoms with Gasteiger partial charge in [-0.3, -0.25) is 0 Å². The second kappa shape index (κ2) is 7.94. The van der Waals surface area contributed by atoms with Gasteiger partial charge in [-0.2, -0.15) is 0 Å². The molecule has 0 radical (unpaired) electrons. The minimum absolute atomic E-state index is 0.147. The molecule has 0 spiro atoms. The minimum atomic E-state index is 0.147. The Kier molecular flexibility index (Phi) is 6.51. The van der Waals surface area contributed by atoms with Crippen LogP contribution in [0.3, 0.4) is 0 Å². The molecule has 1 atom stereocenters. The van der Waals surface area contributed by atoms with Gasteiger partial charge in [-0.25, -0.2) is 0 Å². The molecule has 124 valence electrons. The first-order valence-corrected chi connectivity index (χ1v) is 9.19. The summed E-state index contributed by atoms with van der Waals surface area (Å²) < 4.78 is 6.10. The van der Waals surface area contributed by atoms with E-state index in [1.807, 2.05) is 0 Å². The number of rotatable bonds is 6. The molecular weight excluding hydrogens is 260 g/mol. The van der Waals surface area contributed by atoms with Crippen molar-refractivity contribution in [3.8, 4) is 0 Å². The fraction of sp³-hybridized carbons (Fsp3) is 1.00. The van der Waals surface area contributed by atoms with E-state index in [0.29, 0.717) is 6.04 Å². The highest BCUT2D eigenvalue weighted by atomic mass is 16.5. The van der Waals surface area contributed by atoms with Crippen molar-refractivity contribution in [3.05, 3.63) is 0 Å².